The second-order valence-corrected chi connectivity index (χ2v) is 5.42. The van der Waals surface area contributed by atoms with Gasteiger partial charge in [0.15, 0.2) is 0 Å². The summed E-state index contributed by atoms with van der Waals surface area (Å²) in [6.45, 7) is 9.96. The van der Waals surface area contributed by atoms with Gasteiger partial charge in [0.05, 0.1) is 12.6 Å². The minimum absolute atomic E-state index is 0.0102. The monoisotopic (exact) mass is 271 g/mol. The van der Waals surface area contributed by atoms with Crippen molar-refractivity contribution in [3.05, 3.63) is 0 Å². The lowest BCUT2D eigenvalue weighted by molar-refractivity contribution is -0.127. The van der Waals surface area contributed by atoms with Crippen molar-refractivity contribution in [1.82, 2.24) is 10.6 Å². The molecule has 0 spiro atoms. The first-order valence-corrected chi connectivity index (χ1v) is 7.16. The second-order valence-electron chi connectivity index (χ2n) is 5.42. The highest BCUT2D eigenvalue weighted by molar-refractivity contribution is 5.87. The summed E-state index contributed by atoms with van der Waals surface area (Å²) in [6, 6.07) is -0.442. The fraction of sp³-hybridized carbons (Fsp3) is 0.857. The Morgan fingerprint density at radius 3 is 2.05 bits per heavy atom. The zero-order valence-corrected chi connectivity index (χ0v) is 12.8. The maximum Gasteiger partial charge on any atom is 0.239 e. The minimum Gasteiger partial charge on any atom is -0.352 e. The molecule has 0 aromatic carbocycles. The second kappa shape index (κ2) is 8.91. The standard InChI is InChI=1S/C14H29N3O2/c1-6-11(7-2)10(5)17-12(18)8-16-14(19)13(15)9(3)4/h9-11,13H,6-8,15H2,1-5H3,(H,16,19)(H,17,18)/t10?,13-/m0/s1. The molecule has 19 heavy (non-hydrogen) atoms. The van der Waals surface area contributed by atoms with Crippen LogP contribution in [0.2, 0.25) is 0 Å². The van der Waals surface area contributed by atoms with Crippen LogP contribution in [0.4, 0.5) is 0 Å². The molecular weight excluding hydrogens is 242 g/mol. The summed E-state index contributed by atoms with van der Waals surface area (Å²) >= 11 is 0. The normalized spacial score (nSPS) is 14.3. The fourth-order valence-electron chi connectivity index (χ4n) is 2.01. The van der Waals surface area contributed by atoms with Gasteiger partial charge in [-0.15, -0.1) is 0 Å². The molecule has 0 fully saturated rings. The zero-order chi connectivity index (χ0) is 15.0. The Kier molecular flexibility index (Phi) is 8.39. The molecule has 5 heteroatoms. The van der Waals surface area contributed by atoms with Crippen LogP contribution in [0.5, 0.6) is 0 Å². The van der Waals surface area contributed by atoms with E-state index in [4.69, 9.17) is 5.73 Å². The van der Waals surface area contributed by atoms with Gasteiger partial charge >= 0.3 is 0 Å². The van der Waals surface area contributed by atoms with Crippen LogP contribution in [0.25, 0.3) is 0 Å². The van der Waals surface area contributed by atoms with Gasteiger partial charge in [0.25, 0.3) is 0 Å². The fourth-order valence-corrected chi connectivity index (χ4v) is 2.01. The Bertz CT molecular complexity index is 288. The highest BCUT2D eigenvalue weighted by atomic mass is 16.2. The van der Waals surface area contributed by atoms with Crippen LogP contribution in [0.3, 0.4) is 0 Å². The number of nitrogens with one attached hydrogen (secondary N) is 2. The molecule has 4 N–H and O–H groups in total. The van der Waals surface area contributed by atoms with Gasteiger partial charge in [-0.1, -0.05) is 40.5 Å². The maximum atomic E-state index is 11.7. The Hall–Kier alpha value is -1.10. The van der Waals surface area contributed by atoms with Crippen LogP contribution < -0.4 is 16.4 Å². The molecule has 0 aliphatic rings. The Labute approximate surface area is 116 Å². The van der Waals surface area contributed by atoms with Gasteiger partial charge in [-0.25, -0.2) is 0 Å². The SMILES string of the molecule is CCC(CC)C(C)NC(=O)CNC(=O)[C@@H](N)C(C)C. The number of nitrogens with two attached hydrogens (primary N) is 1. The van der Waals surface area contributed by atoms with E-state index in [2.05, 4.69) is 24.5 Å². The Morgan fingerprint density at radius 1 is 1.11 bits per heavy atom. The third kappa shape index (κ3) is 6.57. The number of carbonyl (C=O) groups is 2. The van der Waals surface area contributed by atoms with Crippen molar-refractivity contribution >= 4 is 11.8 Å². The van der Waals surface area contributed by atoms with E-state index < -0.39 is 6.04 Å². The first-order valence-electron chi connectivity index (χ1n) is 7.16. The van der Waals surface area contributed by atoms with Crippen molar-refractivity contribution in [2.24, 2.45) is 17.6 Å². The van der Waals surface area contributed by atoms with E-state index in [1.54, 1.807) is 0 Å². The summed E-state index contributed by atoms with van der Waals surface area (Å²) in [4.78, 5) is 23.3. The Morgan fingerprint density at radius 2 is 1.63 bits per heavy atom. The summed E-state index contributed by atoms with van der Waals surface area (Å²) < 4.78 is 0. The molecule has 5 nitrogen and oxygen atoms in total. The molecule has 0 heterocycles. The maximum absolute atomic E-state index is 11.7. The number of amides is 2. The van der Waals surface area contributed by atoms with Crippen LogP contribution in [0, 0.1) is 11.8 Å². The van der Waals surface area contributed by atoms with Gasteiger partial charge in [-0.3, -0.25) is 9.59 Å². The lowest BCUT2D eigenvalue weighted by atomic mass is 9.95. The molecule has 2 atom stereocenters. The first kappa shape index (κ1) is 17.9. The summed E-state index contributed by atoms with van der Waals surface area (Å²) in [5, 5.41) is 5.48. The Balaban J connectivity index is 4.09. The number of hydrogen-bond acceptors (Lipinski definition) is 3. The van der Waals surface area contributed by atoms with Crippen LogP contribution in [0.15, 0.2) is 0 Å². The number of hydrogen-bond donors (Lipinski definition) is 3. The van der Waals surface area contributed by atoms with Crippen molar-refractivity contribution in [2.75, 3.05) is 6.54 Å². The molecule has 0 saturated heterocycles. The van der Waals surface area contributed by atoms with Crippen LogP contribution in [0.1, 0.15) is 47.5 Å². The average molecular weight is 271 g/mol. The van der Waals surface area contributed by atoms with Crippen LogP contribution in [-0.2, 0) is 9.59 Å². The van der Waals surface area contributed by atoms with E-state index in [1.165, 1.54) is 0 Å². The van der Waals surface area contributed by atoms with Crippen LogP contribution >= 0.6 is 0 Å². The minimum atomic E-state index is -0.566. The van der Waals surface area contributed by atoms with Crippen molar-refractivity contribution < 1.29 is 9.59 Å². The molecule has 0 aliphatic carbocycles. The van der Waals surface area contributed by atoms with Crippen LogP contribution in [-0.4, -0.2) is 30.4 Å². The summed E-state index contributed by atoms with van der Waals surface area (Å²) in [5.41, 5.74) is 5.70. The smallest absolute Gasteiger partial charge is 0.239 e. The molecule has 0 saturated carbocycles. The van der Waals surface area contributed by atoms with E-state index in [0.29, 0.717) is 5.92 Å². The van der Waals surface area contributed by atoms with Crippen molar-refractivity contribution in [3.8, 4) is 0 Å². The summed E-state index contributed by atoms with van der Waals surface area (Å²) in [6.07, 6.45) is 2.06. The van der Waals surface area contributed by atoms with Gasteiger partial charge in [0.1, 0.15) is 0 Å². The van der Waals surface area contributed by atoms with Crippen molar-refractivity contribution in [2.45, 2.75) is 59.5 Å². The number of carbonyl (C=O) groups excluding carboxylic acids is 2. The molecule has 1 unspecified atom stereocenters. The third-order valence-corrected chi connectivity index (χ3v) is 3.59. The highest BCUT2D eigenvalue weighted by Gasteiger charge is 2.19. The highest BCUT2D eigenvalue weighted by Crippen LogP contribution is 2.12. The zero-order valence-electron chi connectivity index (χ0n) is 12.8. The van der Waals surface area contributed by atoms with E-state index in [0.717, 1.165) is 12.8 Å². The predicted molar refractivity (Wildman–Crippen MR) is 77.5 cm³/mol. The van der Waals surface area contributed by atoms with E-state index in [-0.39, 0.29) is 30.3 Å². The third-order valence-electron chi connectivity index (χ3n) is 3.59. The van der Waals surface area contributed by atoms with E-state index in [1.807, 2.05) is 20.8 Å². The van der Waals surface area contributed by atoms with E-state index in [9.17, 15) is 9.59 Å². The predicted octanol–water partition coefficient (Wildman–Crippen LogP) is 1.03. The van der Waals surface area contributed by atoms with Gasteiger partial charge < -0.3 is 16.4 Å². The molecule has 0 radical (unpaired) electrons. The van der Waals surface area contributed by atoms with Gasteiger partial charge in [-0.2, -0.15) is 0 Å². The molecule has 0 rings (SSSR count). The average Bonchev–Trinajstić information content (AvgIpc) is 2.36. The quantitative estimate of drug-likeness (QED) is 0.616. The lowest BCUT2D eigenvalue weighted by Gasteiger charge is -2.23. The molecule has 112 valence electrons. The molecule has 2 amide bonds. The molecule has 0 aliphatic heterocycles. The largest absolute Gasteiger partial charge is 0.352 e. The lowest BCUT2D eigenvalue weighted by Crippen LogP contribution is -2.48. The van der Waals surface area contributed by atoms with E-state index >= 15 is 0 Å². The topological polar surface area (TPSA) is 84.2 Å². The molecule has 0 aromatic heterocycles. The summed E-state index contributed by atoms with van der Waals surface area (Å²) in [7, 11) is 0. The van der Waals surface area contributed by atoms with Gasteiger partial charge in [0, 0.05) is 6.04 Å². The summed E-state index contributed by atoms with van der Waals surface area (Å²) in [5.74, 6) is 0.0909. The molecule has 0 aromatic rings. The van der Waals surface area contributed by atoms with Crippen molar-refractivity contribution in [3.63, 3.8) is 0 Å². The molecular formula is C14H29N3O2. The molecule has 0 bridgehead atoms. The van der Waals surface area contributed by atoms with Gasteiger partial charge in [-0.05, 0) is 18.8 Å². The number of rotatable bonds is 8. The van der Waals surface area contributed by atoms with Gasteiger partial charge in [0.2, 0.25) is 11.8 Å². The van der Waals surface area contributed by atoms with Crippen molar-refractivity contribution in [1.29, 1.82) is 0 Å². The first-order chi connectivity index (χ1) is 8.83.